The molecular weight excluding hydrogens is 152 g/mol. The van der Waals surface area contributed by atoms with Gasteiger partial charge in [-0.15, -0.1) is 0 Å². The highest BCUT2D eigenvalue weighted by Gasteiger charge is 2.21. The summed E-state index contributed by atoms with van der Waals surface area (Å²) in [5.41, 5.74) is 5.85. The minimum Gasteiger partial charge on any atom is -0.468 e. The SMILES string of the molecule is N[C@@H]1CCN[C@H](c2ccco2)C1. The van der Waals surface area contributed by atoms with Crippen molar-refractivity contribution in [3.8, 4) is 0 Å². The summed E-state index contributed by atoms with van der Waals surface area (Å²) in [6.07, 6.45) is 3.75. The van der Waals surface area contributed by atoms with Crippen molar-refractivity contribution >= 4 is 0 Å². The van der Waals surface area contributed by atoms with Crippen molar-refractivity contribution in [3.05, 3.63) is 24.2 Å². The molecule has 0 unspecified atom stereocenters. The molecule has 1 fully saturated rings. The van der Waals surface area contributed by atoms with Crippen molar-refractivity contribution < 1.29 is 4.42 Å². The van der Waals surface area contributed by atoms with E-state index in [4.69, 9.17) is 10.2 Å². The van der Waals surface area contributed by atoms with Crippen LogP contribution >= 0.6 is 0 Å². The molecule has 1 aromatic heterocycles. The third-order valence-electron chi connectivity index (χ3n) is 2.33. The predicted molar refractivity (Wildman–Crippen MR) is 46.7 cm³/mol. The topological polar surface area (TPSA) is 51.2 Å². The van der Waals surface area contributed by atoms with Crippen LogP contribution in [0.15, 0.2) is 22.8 Å². The van der Waals surface area contributed by atoms with Crippen LogP contribution in [0.2, 0.25) is 0 Å². The zero-order valence-corrected chi connectivity index (χ0v) is 6.99. The molecule has 0 aromatic carbocycles. The Morgan fingerprint density at radius 2 is 2.50 bits per heavy atom. The number of nitrogens with two attached hydrogens (primary N) is 1. The van der Waals surface area contributed by atoms with E-state index < -0.39 is 0 Å². The fraction of sp³-hybridized carbons (Fsp3) is 0.556. The molecule has 3 heteroatoms. The van der Waals surface area contributed by atoms with Gasteiger partial charge in [0.25, 0.3) is 0 Å². The van der Waals surface area contributed by atoms with Gasteiger partial charge in [-0.3, -0.25) is 0 Å². The average Bonchev–Trinajstić information content (AvgIpc) is 2.56. The van der Waals surface area contributed by atoms with Crippen LogP contribution in [0.1, 0.15) is 24.6 Å². The Kier molecular flexibility index (Phi) is 2.15. The molecule has 0 bridgehead atoms. The summed E-state index contributed by atoms with van der Waals surface area (Å²) in [4.78, 5) is 0. The summed E-state index contributed by atoms with van der Waals surface area (Å²) in [6, 6.07) is 4.55. The summed E-state index contributed by atoms with van der Waals surface area (Å²) < 4.78 is 5.30. The average molecular weight is 166 g/mol. The number of nitrogens with one attached hydrogen (secondary N) is 1. The lowest BCUT2D eigenvalue weighted by Gasteiger charge is -2.26. The Morgan fingerprint density at radius 3 is 3.17 bits per heavy atom. The fourth-order valence-electron chi connectivity index (χ4n) is 1.65. The predicted octanol–water partition coefficient (Wildman–Crippen LogP) is 1.03. The van der Waals surface area contributed by atoms with Gasteiger partial charge in [0.1, 0.15) is 5.76 Å². The van der Waals surface area contributed by atoms with Gasteiger partial charge >= 0.3 is 0 Å². The first-order valence-corrected chi connectivity index (χ1v) is 4.38. The van der Waals surface area contributed by atoms with Gasteiger partial charge in [0.05, 0.1) is 12.3 Å². The first-order valence-electron chi connectivity index (χ1n) is 4.38. The molecule has 0 spiro atoms. The van der Waals surface area contributed by atoms with Crippen LogP contribution < -0.4 is 11.1 Å². The quantitative estimate of drug-likeness (QED) is 0.655. The van der Waals surface area contributed by atoms with Gasteiger partial charge in [-0.1, -0.05) is 0 Å². The number of rotatable bonds is 1. The number of piperidine rings is 1. The molecule has 1 saturated heterocycles. The summed E-state index contributed by atoms with van der Waals surface area (Å²) in [5.74, 6) is 1.00. The van der Waals surface area contributed by atoms with Gasteiger partial charge in [0.15, 0.2) is 0 Å². The molecule has 2 rings (SSSR count). The second-order valence-electron chi connectivity index (χ2n) is 3.31. The van der Waals surface area contributed by atoms with Crippen LogP contribution in [-0.4, -0.2) is 12.6 Å². The van der Waals surface area contributed by atoms with E-state index in [1.807, 2.05) is 12.1 Å². The molecule has 66 valence electrons. The second-order valence-corrected chi connectivity index (χ2v) is 3.31. The molecule has 0 amide bonds. The molecule has 0 saturated carbocycles. The minimum absolute atomic E-state index is 0.321. The number of hydrogen-bond acceptors (Lipinski definition) is 3. The molecule has 2 atom stereocenters. The van der Waals surface area contributed by atoms with Gasteiger partial charge in [0, 0.05) is 6.04 Å². The van der Waals surface area contributed by atoms with Crippen LogP contribution in [0.5, 0.6) is 0 Å². The van der Waals surface area contributed by atoms with Gasteiger partial charge in [-0.05, 0) is 31.5 Å². The van der Waals surface area contributed by atoms with Gasteiger partial charge in [0.2, 0.25) is 0 Å². The van der Waals surface area contributed by atoms with E-state index in [-0.39, 0.29) is 0 Å². The molecular formula is C9H14N2O. The summed E-state index contributed by atoms with van der Waals surface area (Å²) in [7, 11) is 0. The van der Waals surface area contributed by atoms with Crippen molar-refractivity contribution in [2.24, 2.45) is 5.73 Å². The van der Waals surface area contributed by atoms with Crippen molar-refractivity contribution in [2.75, 3.05) is 6.54 Å². The maximum atomic E-state index is 5.85. The minimum atomic E-state index is 0.321. The molecule has 3 N–H and O–H groups in total. The second kappa shape index (κ2) is 3.29. The van der Waals surface area contributed by atoms with E-state index >= 15 is 0 Å². The lowest BCUT2D eigenvalue weighted by Crippen LogP contribution is -2.38. The first kappa shape index (κ1) is 7.83. The fourth-order valence-corrected chi connectivity index (χ4v) is 1.65. The number of hydrogen-bond donors (Lipinski definition) is 2. The Labute approximate surface area is 71.9 Å². The molecule has 3 nitrogen and oxygen atoms in total. The van der Waals surface area contributed by atoms with Crippen molar-refractivity contribution in [1.29, 1.82) is 0 Å². The molecule has 1 aliphatic rings. The van der Waals surface area contributed by atoms with Gasteiger partial charge in [-0.25, -0.2) is 0 Å². The van der Waals surface area contributed by atoms with Crippen LogP contribution in [0.3, 0.4) is 0 Å². The lowest BCUT2D eigenvalue weighted by atomic mass is 9.99. The summed E-state index contributed by atoms with van der Waals surface area (Å²) in [5, 5.41) is 3.38. The van der Waals surface area contributed by atoms with Crippen molar-refractivity contribution in [1.82, 2.24) is 5.32 Å². The van der Waals surface area contributed by atoms with Crippen molar-refractivity contribution in [3.63, 3.8) is 0 Å². The smallest absolute Gasteiger partial charge is 0.120 e. The maximum Gasteiger partial charge on any atom is 0.120 e. The van der Waals surface area contributed by atoms with E-state index in [0.29, 0.717) is 12.1 Å². The van der Waals surface area contributed by atoms with E-state index in [1.54, 1.807) is 6.26 Å². The van der Waals surface area contributed by atoms with Crippen LogP contribution in [-0.2, 0) is 0 Å². The van der Waals surface area contributed by atoms with E-state index in [1.165, 1.54) is 0 Å². The largest absolute Gasteiger partial charge is 0.468 e. The lowest BCUT2D eigenvalue weighted by molar-refractivity contribution is 0.322. The Morgan fingerprint density at radius 1 is 1.58 bits per heavy atom. The third-order valence-corrected chi connectivity index (χ3v) is 2.33. The van der Waals surface area contributed by atoms with Gasteiger partial charge < -0.3 is 15.5 Å². The highest BCUT2D eigenvalue weighted by molar-refractivity contribution is 5.06. The molecule has 1 aliphatic heterocycles. The molecule has 12 heavy (non-hydrogen) atoms. The molecule has 1 aromatic rings. The molecule has 0 aliphatic carbocycles. The van der Waals surface area contributed by atoms with E-state index in [9.17, 15) is 0 Å². The Balaban J connectivity index is 2.04. The standard InChI is InChI=1S/C9H14N2O/c10-7-3-4-11-8(6-7)9-2-1-5-12-9/h1-2,5,7-8,11H,3-4,6,10H2/t7-,8+/m1/s1. The van der Waals surface area contributed by atoms with Gasteiger partial charge in [-0.2, -0.15) is 0 Å². The van der Waals surface area contributed by atoms with Crippen LogP contribution in [0.4, 0.5) is 0 Å². The zero-order valence-electron chi connectivity index (χ0n) is 6.99. The first-order chi connectivity index (χ1) is 5.86. The number of furan rings is 1. The maximum absolute atomic E-state index is 5.85. The van der Waals surface area contributed by atoms with Crippen LogP contribution in [0, 0.1) is 0 Å². The summed E-state index contributed by atoms with van der Waals surface area (Å²) in [6.45, 7) is 0.993. The third kappa shape index (κ3) is 1.52. The van der Waals surface area contributed by atoms with Crippen molar-refractivity contribution in [2.45, 2.75) is 24.9 Å². The zero-order chi connectivity index (χ0) is 8.39. The normalized spacial score (nSPS) is 30.4. The Hall–Kier alpha value is -0.800. The van der Waals surface area contributed by atoms with E-state index in [2.05, 4.69) is 5.32 Å². The Bertz CT molecular complexity index is 233. The summed E-state index contributed by atoms with van der Waals surface area (Å²) >= 11 is 0. The molecule has 0 radical (unpaired) electrons. The van der Waals surface area contributed by atoms with E-state index in [0.717, 1.165) is 25.1 Å². The van der Waals surface area contributed by atoms with Crippen LogP contribution in [0.25, 0.3) is 0 Å². The highest BCUT2D eigenvalue weighted by Crippen LogP contribution is 2.22. The highest BCUT2D eigenvalue weighted by atomic mass is 16.3. The molecule has 2 heterocycles. The monoisotopic (exact) mass is 166 g/mol.